The summed E-state index contributed by atoms with van der Waals surface area (Å²) in [6.45, 7) is 0. The maximum absolute atomic E-state index is 12.8. The summed E-state index contributed by atoms with van der Waals surface area (Å²) in [4.78, 5) is 3.90. The Morgan fingerprint density at radius 2 is 1.77 bits per heavy atom. The van der Waals surface area contributed by atoms with E-state index >= 15 is 0 Å². The molecule has 0 aliphatic carbocycles. The molecule has 3 rings (SSSR count). The Balaban J connectivity index is 1.85. The predicted molar refractivity (Wildman–Crippen MR) is 87.1 cm³/mol. The van der Waals surface area contributed by atoms with E-state index in [9.17, 15) is 21.6 Å². The second-order valence-electron chi connectivity index (χ2n) is 5.30. The maximum Gasteiger partial charge on any atom is 0.416 e. The van der Waals surface area contributed by atoms with Gasteiger partial charge in [-0.25, -0.2) is 8.42 Å². The highest BCUT2D eigenvalue weighted by molar-refractivity contribution is 7.90. The van der Waals surface area contributed by atoms with Crippen molar-refractivity contribution < 1.29 is 26.1 Å². The van der Waals surface area contributed by atoms with Crippen molar-refractivity contribution in [2.24, 2.45) is 0 Å². The fourth-order valence-corrected chi connectivity index (χ4v) is 3.44. The minimum Gasteiger partial charge on any atom is -0.338 e. The fraction of sp³-hybridized carbons (Fsp3) is 0.125. The molecular formula is C16H10ClF3N2O3S. The van der Waals surface area contributed by atoms with Gasteiger partial charge in [-0.2, -0.15) is 18.2 Å². The summed E-state index contributed by atoms with van der Waals surface area (Å²) < 4.78 is 67.9. The van der Waals surface area contributed by atoms with Gasteiger partial charge in [0.2, 0.25) is 11.7 Å². The highest BCUT2D eigenvalue weighted by atomic mass is 35.5. The van der Waals surface area contributed by atoms with Crippen LogP contribution in [0.3, 0.4) is 0 Å². The van der Waals surface area contributed by atoms with Crippen molar-refractivity contribution in [1.82, 2.24) is 10.1 Å². The number of halogens is 4. The van der Waals surface area contributed by atoms with E-state index in [2.05, 4.69) is 10.1 Å². The minimum atomic E-state index is -4.51. The number of alkyl halides is 3. The molecule has 1 aromatic heterocycles. The van der Waals surface area contributed by atoms with E-state index in [-0.39, 0.29) is 22.2 Å². The molecule has 136 valence electrons. The van der Waals surface area contributed by atoms with Gasteiger partial charge in [-0.15, -0.1) is 0 Å². The van der Waals surface area contributed by atoms with E-state index in [0.29, 0.717) is 5.02 Å². The Morgan fingerprint density at radius 1 is 1.08 bits per heavy atom. The number of sulfone groups is 1. The highest BCUT2D eigenvalue weighted by Crippen LogP contribution is 2.31. The topological polar surface area (TPSA) is 73.1 Å². The molecule has 0 aliphatic heterocycles. The number of nitrogens with zero attached hydrogens (tertiary/aromatic N) is 2. The van der Waals surface area contributed by atoms with E-state index in [1.165, 1.54) is 36.4 Å². The van der Waals surface area contributed by atoms with Gasteiger partial charge in [-0.3, -0.25) is 0 Å². The molecule has 26 heavy (non-hydrogen) atoms. The molecule has 0 atom stereocenters. The molecule has 2 aromatic carbocycles. The van der Waals surface area contributed by atoms with Crippen LogP contribution in [0.2, 0.25) is 5.02 Å². The van der Waals surface area contributed by atoms with Crippen LogP contribution >= 0.6 is 11.6 Å². The molecule has 0 fully saturated rings. The number of rotatable bonds is 4. The van der Waals surface area contributed by atoms with Gasteiger partial charge in [0.25, 0.3) is 0 Å². The Labute approximate surface area is 151 Å². The van der Waals surface area contributed by atoms with Crippen LogP contribution in [0.4, 0.5) is 13.2 Å². The summed E-state index contributed by atoms with van der Waals surface area (Å²) in [6.07, 6.45) is -4.51. The lowest BCUT2D eigenvalue weighted by molar-refractivity contribution is -0.137. The fourth-order valence-electron chi connectivity index (χ4n) is 2.15. The molecular weight excluding hydrogens is 393 g/mol. The predicted octanol–water partition coefficient (Wildman–Crippen LogP) is 4.38. The number of aromatic nitrogens is 2. The first-order chi connectivity index (χ1) is 12.1. The Bertz CT molecular complexity index is 1030. The van der Waals surface area contributed by atoms with E-state index < -0.39 is 27.3 Å². The van der Waals surface area contributed by atoms with Gasteiger partial charge in [-0.05, 0) is 36.4 Å². The van der Waals surface area contributed by atoms with E-state index in [4.69, 9.17) is 16.1 Å². The smallest absolute Gasteiger partial charge is 0.338 e. The highest BCUT2D eigenvalue weighted by Gasteiger charge is 2.31. The van der Waals surface area contributed by atoms with Gasteiger partial charge in [0, 0.05) is 10.6 Å². The molecule has 10 heteroatoms. The van der Waals surface area contributed by atoms with Crippen LogP contribution in [0.5, 0.6) is 0 Å². The van der Waals surface area contributed by atoms with Crippen molar-refractivity contribution in [1.29, 1.82) is 0 Å². The number of benzene rings is 2. The third-order valence-electron chi connectivity index (χ3n) is 3.40. The molecule has 1 heterocycles. The Morgan fingerprint density at radius 3 is 2.42 bits per heavy atom. The van der Waals surface area contributed by atoms with Crippen molar-refractivity contribution >= 4 is 21.4 Å². The van der Waals surface area contributed by atoms with Crippen molar-refractivity contribution in [3.8, 4) is 11.4 Å². The summed E-state index contributed by atoms with van der Waals surface area (Å²) in [6, 6.07) is 9.88. The van der Waals surface area contributed by atoms with Crippen molar-refractivity contribution in [2.45, 2.75) is 16.8 Å². The summed E-state index contributed by atoms with van der Waals surface area (Å²) >= 11 is 5.72. The average molecular weight is 403 g/mol. The third-order valence-corrected chi connectivity index (χ3v) is 5.27. The van der Waals surface area contributed by atoms with Gasteiger partial charge >= 0.3 is 6.18 Å². The molecule has 0 saturated heterocycles. The van der Waals surface area contributed by atoms with E-state index in [1.807, 2.05) is 0 Å². The van der Waals surface area contributed by atoms with Crippen LogP contribution in [0.1, 0.15) is 11.5 Å². The summed E-state index contributed by atoms with van der Waals surface area (Å²) in [5.74, 6) is -0.939. The van der Waals surface area contributed by atoms with Crippen molar-refractivity contribution in [3.63, 3.8) is 0 Å². The molecule has 0 N–H and O–H groups in total. The second-order valence-corrected chi connectivity index (χ2v) is 7.73. The van der Waals surface area contributed by atoms with Gasteiger partial charge in [0.15, 0.2) is 9.84 Å². The van der Waals surface area contributed by atoms with Gasteiger partial charge < -0.3 is 4.52 Å². The van der Waals surface area contributed by atoms with Gasteiger partial charge in [0.1, 0.15) is 5.75 Å². The summed E-state index contributed by atoms with van der Waals surface area (Å²) in [5.41, 5.74) is -0.797. The zero-order valence-electron chi connectivity index (χ0n) is 12.9. The van der Waals surface area contributed by atoms with Crippen LogP contribution in [0.15, 0.2) is 57.9 Å². The SMILES string of the molecule is O=S(=O)(Cc1nc(-c2cccc(C(F)(F)F)c2)no1)c1ccc(Cl)cc1. The number of hydrogen-bond donors (Lipinski definition) is 0. The minimum absolute atomic E-state index is 0.0146. The lowest BCUT2D eigenvalue weighted by Gasteiger charge is -2.06. The first-order valence-corrected chi connectivity index (χ1v) is 9.17. The quantitative estimate of drug-likeness (QED) is 0.647. The lowest BCUT2D eigenvalue weighted by Crippen LogP contribution is -2.05. The molecule has 0 spiro atoms. The third kappa shape index (κ3) is 4.05. The normalized spacial score (nSPS) is 12.3. The van der Waals surface area contributed by atoms with Crippen LogP contribution in [-0.2, 0) is 21.8 Å². The molecule has 0 aliphatic rings. The Hall–Kier alpha value is -2.39. The van der Waals surface area contributed by atoms with E-state index in [1.54, 1.807) is 0 Å². The second kappa shape index (κ2) is 6.73. The molecule has 0 unspecified atom stereocenters. The molecule has 0 radical (unpaired) electrons. The largest absolute Gasteiger partial charge is 0.416 e. The molecule has 0 saturated carbocycles. The monoisotopic (exact) mass is 402 g/mol. The van der Waals surface area contributed by atoms with Gasteiger partial charge in [0.05, 0.1) is 10.5 Å². The van der Waals surface area contributed by atoms with Crippen LogP contribution in [-0.4, -0.2) is 18.6 Å². The summed E-state index contributed by atoms with van der Waals surface area (Å²) in [5, 5.41) is 3.95. The van der Waals surface area contributed by atoms with Crippen LogP contribution < -0.4 is 0 Å². The lowest BCUT2D eigenvalue weighted by atomic mass is 10.1. The zero-order chi connectivity index (χ0) is 18.9. The molecule has 3 aromatic rings. The Kier molecular flexibility index (Phi) is 4.76. The molecule has 0 amide bonds. The maximum atomic E-state index is 12.8. The summed E-state index contributed by atoms with van der Waals surface area (Å²) in [7, 11) is -3.77. The van der Waals surface area contributed by atoms with Crippen LogP contribution in [0.25, 0.3) is 11.4 Å². The van der Waals surface area contributed by atoms with Crippen molar-refractivity contribution in [3.05, 3.63) is 65.0 Å². The first-order valence-electron chi connectivity index (χ1n) is 7.14. The first kappa shape index (κ1) is 18.4. The number of hydrogen-bond acceptors (Lipinski definition) is 5. The standard InChI is InChI=1S/C16H10ClF3N2O3S/c17-12-4-6-13(7-5-12)26(23,24)9-14-21-15(22-25-14)10-2-1-3-11(8-10)16(18,19)20/h1-8H,9H2. The molecule has 5 nitrogen and oxygen atoms in total. The van der Waals surface area contributed by atoms with Crippen LogP contribution in [0, 0.1) is 0 Å². The molecule has 0 bridgehead atoms. The zero-order valence-corrected chi connectivity index (χ0v) is 14.4. The van der Waals surface area contributed by atoms with Crippen molar-refractivity contribution in [2.75, 3.05) is 0 Å². The van der Waals surface area contributed by atoms with E-state index in [0.717, 1.165) is 12.1 Å². The average Bonchev–Trinajstić information content (AvgIpc) is 3.02. The van der Waals surface area contributed by atoms with Gasteiger partial charge in [-0.1, -0.05) is 28.9 Å².